The van der Waals surface area contributed by atoms with Crippen molar-refractivity contribution in [2.75, 3.05) is 16.8 Å². The molecular weight excluding hydrogens is 324 g/mol. The largest absolute Gasteiger partial charge is 0.399 e. The third-order valence-corrected chi connectivity index (χ3v) is 3.62. The molecule has 0 aliphatic rings. The first-order valence-electron chi connectivity index (χ1n) is 7.12. The van der Waals surface area contributed by atoms with Crippen molar-refractivity contribution in [2.24, 2.45) is 0 Å². The number of aromatic nitrogens is 2. The predicted molar refractivity (Wildman–Crippen MR) is 98.0 cm³/mol. The molecule has 0 fully saturated rings. The van der Waals surface area contributed by atoms with Gasteiger partial charge < -0.3 is 16.8 Å². The number of hydrogen-bond acceptors (Lipinski definition) is 6. The summed E-state index contributed by atoms with van der Waals surface area (Å²) >= 11 is 6.00. The van der Waals surface area contributed by atoms with Crippen LogP contribution in [0.2, 0.25) is 5.02 Å². The van der Waals surface area contributed by atoms with E-state index in [0.717, 1.165) is 5.69 Å². The second-order valence-electron chi connectivity index (χ2n) is 5.12. The van der Waals surface area contributed by atoms with E-state index < -0.39 is 0 Å². The Bertz CT molecular complexity index is 909. The Morgan fingerprint density at radius 1 is 1.04 bits per heavy atom. The number of halogens is 1. The fraction of sp³-hybridized carbons (Fsp3) is 0. The molecule has 120 valence electrons. The van der Waals surface area contributed by atoms with Crippen LogP contribution in [0.25, 0.3) is 0 Å². The monoisotopic (exact) mass is 338 g/mol. The molecule has 3 rings (SSSR count). The first-order valence-corrected chi connectivity index (χ1v) is 7.50. The standard InChI is InChI=1S/C17H15ClN6/c18-11-4-2-6-13(8-11)24-17-14(16(21)22-9-23-17)15(20)10-3-1-5-12(19)7-10/h1-9,20H,19H2,(H3,21,22,23,24). The fourth-order valence-corrected chi connectivity index (χ4v) is 2.47. The molecule has 24 heavy (non-hydrogen) atoms. The lowest BCUT2D eigenvalue weighted by Crippen LogP contribution is -2.12. The molecule has 3 aromatic rings. The third kappa shape index (κ3) is 3.28. The van der Waals surface area contributed by atoms with E-state index in [4.69, 9.17) is 28.5 Å². The predicted octanol–water partition coefficient (Wildman–Crippen LogP) is 3.45. The van der Waals surface area contributed by atoms with Gasteiger partial charge in [0.2, 0.25) is 0 Å². The molecule has 1 heterocycles. The lowest BCUT2D eigenvalue weighted by Gasteiger charge is -2.14. The van der Waals surface area contributed by atoms with Crippen molar-refractivity contribution < 1.29 is 0 Å². The summed E-state index contributed by atoms with van der Waals surface area (Å²) in [5.41, 5.74) is 14.3. The Morgan fingerprint density at radius 2 is 1.83 bits per heavy atom. The Kier molecular flexibility index (Phi) is 4.31. The van der Waals surface area contributed by atoms with Gasteiger partial charge in [-0.15, -0.1) is 0 Å². The molecule has 0 aliphatic carbocycles. The van der Waals surface area contributed by atoms with E-state index in [0.29, 0.717) is 27.7 Å². The van der Waals surface area contributed by atoms with Crippen LogP contribution in [0, 0.1) is 5.41 Å². The highest BCUT2D eigenvalue weighted by molar-refractivity contribution is 6.30. The van der Waals surface area contributed by atoms with Crippen molar-refractivity contribution in [2.45, 2.75) is 0 Å². The van der Waals surface area contributed by atoms with Crippen LogP contribution in [0.1, 0.15) is 11.1 Å². The summed E-state index contributed by atoms with van der Waals surface area (Å²) in [6.45, 7) is 0. The molecule has 0 bridgehead atoms. The zero-order valence-electron chi connectivity index (χ0n) is 12.6. The van der Waals surface area contributed by atoms with Gasteiger partial charge in [0, 0.05) is 22.0 Å². The minimum Gasteiger partial charge on any atom is -0.399 e. The molecule has 0 amide bonds. The molecule has 1 aromatic heterocycles. The Labute approximate surface area is 144 Å². The summed E-state index contributed by atoms with van der Waals surface area (Å²) in [5.74, 6) is 0.638. The Morgan fingerprint density at radius 3 is 2.58 bits per heavy atom. The smallest absolute Gasteiger partial charge is 0.145 e. The number of nitrogens with zero attached hydrogens (tertiary/aromatic N) is 2. The molecular formula is C17H15ClN6. The van der Waals surface area contributed by atoms with E-state index in [1.54, 1.807) is 36.4 Å². The maximum absolute atomic E-state index is 8.48. The molecule has 0 saturated carbocycles. The lowest BCUT2D eigenvalue weighted by molar-refractivity contribution is 1.16. The first kappa shape index (κ1) is 15.8. The van der Waals surface area contributed by atoms with Gasteiger partial charge in [0.1, 0.15) is 18.0 Å². The molecule has 2 aromatic carbocycles. The topological polar surface area (TPSA) is 114 Å². The van der Waals surface area contributed by atoms with Crippen molar-refractivity contribution in [1.29, 1.82) is 5.41 Å². The highest BCUT2D eigenvalue weighted by atomic mass is 35.5. The zero-order chi connectivity index (χ0) is 17.1. The van der Waals surface area contributed by atoms with Crippen molar-refractivity contribution in [3.8, 4) is 0 Å². The summed E-state index contributed by atoms with van der Waals surface area (Å²) in [5, 5.41) is 12.2. The minimum absolute atomic E-state index is 0.185. The zero-order valence-corrected chi connectivity index (χ0v) is 13.4. The van der Waals surface area contributed by atoms with Crippen LogP contribution in [0.15, 0.2) is 54.9 Å². The van der Waals surface area contributed by atoms with Crippen molar-refractivity contribution in [3.63, 3.8) is 0 Å². The number of anilines is 4. The van der Waals surface area contributed by atoms with Crippen LogP contribution in [0.3, 0.4) is 0 Å². The summed E-state index contributed by atoms with van der Waals surface area (Å²) in [6, 6.07) is 14.2. The molecule has 0 aliphatic heterocycles. The number of nitrogens with one attached hydrogen (secondary N) is 2. The van der Waals surface area contributed by atoms with Crippen molar-refractivity contribution in [3.05, 3.63) is 71.0 Å². The molecule has 0 radical (unpaired) electrons. The number of hydrogen-bond donors (Lipinski definition) is 4. The van der Waals surface area contributed by atoms with Gasteiger partial charge in [-0.05, 0) is 30.3 Å². The number of rotatable bonds is 4. The van der Waals surface area contributed by atoms with Crippen LogP contribution in [0.5, 0.6) is 0 Å². The Hall–Kier alpha value is -3.12. The van der Waals surface area contributed by atoms with Gasteiger partial charge in [-0.3, -0.25) is 5.41 Å². The van der Waals surface area contributed by atoms with Gasteiger partial charge in [-0.2, -0.15) is 0 Å². The molecule has 0 spiro atoms. The summed E-state index contributed by atoms with van der Waals surface area (Å²) < 4.78 is 0. The quantitative estimate of drug-likeness (QED) is 0.429. The fourth-order valence-electron chi connectivity index (χ4n) is 2.28. The maximum atomic E-state index is 8.48. The third-order valence-electron chi connectivity index (χ3n) is 3.39. The molecule has 0 atom stereocenters. The SMILES string of the molecule is N=C(c1cccc(N)c1)c1c(N)ncnc1Nc1cccc(Cl)c1. The van der Waals surface area contributed by atoms with Gasteiger partial charge in [-0.1, -0.05) is 29.8 Å². The van der Waals surface area contributed by atoms with Crippen LogP contribution < -0.4 is 16.8 Å². The van der Waals surface area contributed by atoms with E-state index in [9.17, 15) is 0 Å². The molecule has 6 nitrogen and oxygen atoms in total. The summed E-state index contributed by atoms with van der Waals surface area (Å²) in [7, 11) is 0. The van der Waals surface area contributed by atoms with E-state index in [1.807, 2.05) is 12.1 Å². The number of nitrogen functional groups attached to an aromatic ring is 2. The maximum Gasteiger partial charge on any atom is 0.145 e. The van der Waals surface area contributed by atoms with E-state index in [1.165, 1.54) is 6.33 Å². The Balaban J connectivity index is 2.03. The van der Waals surface area contributed by atoms with E-state index >= 15 is 0 Å². The highest BCUT2D eigenvalue weighted by Gasteiger charge is 2.16. The number of nitrogens with two attached hydrogens (primary N) is 2. The second kappa shape index (κ2) is 6.55. The van der Waals surface area contributed by atoms with Gasteiger partial charge in [-0.25, -0.2) is 9.97 Å². The highest BCUT2D eigenvalue weighted by Crippen LogP contribution is 2.26. The molecule has 7 heteroatoms. The van der Waals surface area contributed by atoms with Gasteiger partial charge in [0.25, 0.3) is 0 Å². The van der Waals surface area contributed by atoms with Crippen LogP contribution in [0.4, 0.5) is 23.0 Å². The summed E-state index contributed by atoms with van der Waals surface area (Å²) in [4.78, 5) is 8.21. The average molecular weight is 339 g/mol. The normalized spacial score (nSPS) is 10.4. The van der Waals surface area contributed by atoms with Crippen molar-refractivity contribution >= 4 is 40.3 Å². The van der Waals surface area contributed by atoms with Crippen LogP contribution in [-0.2, 0) is 0 Å². The minimum atomic E-state index is 0.185. The second-order valence-corrected chi connectivity index (χ2v) is 5.55. The van der Waals surface area contributed by atoms with E-state index in [2.05, 4.69) is 15.3 Å². The van der Waals surface area contributed by atoms with Gasteiger partial charge >= 0.3 is 0 Å². The molecule has 6 N–H and O–H groups in total. The lowest BCUT2D eigenvalue weighted by atomic mass is 10.0. The molecule has 0 unspecified atom stereocenters. The van der Waals surface area contributed by atoms with Crippen LogP contribution in [-0.4, -0.2) is 15.7 Å². The van der Waals surface area contributed by atoms with Gasteiger partial charge in [0.05, 0.1) is 11.3 Å². The molecule has 0 saturated heterocycles. The average Bonchev–Trinajstić information content (AvgIpc) is 2.54. The summed E-state index contributed by atoms with van der Waals surface area (Å²) in [6.07, 6.45) is 1.35. The van der Waals surface area contributed by atoms with E-state index in [-0.39, 0.29) is 11.5 Å². The van der Waals surface area contributed by atoms with Crippen LogP contribution >= 0.6 is 11.6 Å². The van der Waals surface area contributed by atoms with Crippen molar-refractivity contribution in [1.82, 2.24) is 9.97 Å². The van der Waals surface area contributed by atoms with Gasteiger partial charge in [0.15, 0.2) is 0 Å². The number of benzene rings is 2. The first-order chi connectivity index (χ1) is 11.5.